The van der Waals surface area contributed by atoms with E-state index in [-0.39, 0.29) is 54.0 Å². The molecule has 4 aliphatic rings. The minimum absolute atomic E-state index is 0.0599. The van der Waals surface area contributed by atoms with E-state index in [4.69, 9.17) is 9.47 Å². The SMILES string of the molecule is Cc1[nH]nc(Nc2ncnc3cc(OCC4CCN(c5ncc(O[C@H]6C[C@@H](C(=O)N[C@@H]7CCCc8ccccc87)N(C(=O)[C@@H](NC(=O)C(C)N(C)C(=O)O)C7CCCCC7)C6)cn5)CC4)c(S(=O)(=O)C(C)(C)C)cc23)c1C. The smallest absolute Gasteiger partial charge is 0.407 e. The van der Waals surface area contributed by atoms with E-state index in [1.807, 2.05) is 32.0 Å². The molecule has 21 nitrogen and oxygen atoms in total. The van der Waals surface area contributed by atoms with Crippen LogP contribution < -0.4 is 30.3 Å². The molecule has 0 bridgehead atoms. The van der Waals surface area contributed by atoms with Crippen molar-refractivity contribution in [1.29, 1.82) is 0 Å². The second kappa shape index (κ2) is 22.9. The number of sulfone groups is 1. The molecule has 1 saturated carbocycles. The van der Waals surface area contributed by atoms with Gasteiger partial charge < -0.3 is 40.3 Å². The number of likely N-dealkylation sites (N-methyl/N-ethyl adjacent to an activating group) is 1. The maximum atomic E-state index is 15.0. The van der Waals surface area contributed by atoms with Gasteiger partial charge in [-0.25, -0.2) is 33.1 Å². The summed E-state index contributed by atoms with van der Waals surface area (Å²) < 4.78 is 40.0. The highest BCUT2D eigenvalue weighted by Gasteiger charge is 2.46. The average molecular weight is 1080 g/mol. The van der Waals surface area contributed by atoms with Gasteiger partial charge in [-0.15, -0.1) is 0 Å². The number of hydrogen-bond donors (Lipinski definition) is 5. The lowest BCUT2D eigenvalue weighted by Crippen LogP contribution is -2.58. The lowest BCUT2D eigenvalue weighted by Gasteiger charge is -2.36. The molecular formula is C55H72N12O9S. The molecule has 0 radical (unpaired) electrons. The third-order valence-electron chi connectivity index (χ3n) is 16.1. The summed E-state index contributed by atoms with van der Waals surface area (Å²) in [7, 11) is -2.56. The van der Waals surface area contributed by atoms with E-state index >= 15 is 0 Å². The Balaban J connectivity index is 0.868. The third kappa shape index (κ3) is 11.9. The molecule has 22 heteroatoms. The quantitative estimate of drug-likeness (QED) is 0.0667. The molecule has 2 aliphatic heterocycles. The van der Waals surface area contributed by atoms with Crippen LogP contribution in [0.1, 0.15) is 120 Å². The summed E-state index contributed by atoms with van der Waals surface area (Å²) in [6.07, 6.45) is 11.2. The number of carboxylic acid groups (broad SMARTS) is 1. The number of rotatable bonds is 16. The van der Waals surface area contributed by atoms with Crippen molar-refractivity contribution >= 4 is 62.1 Å². The molecule has 1 unspecified atom stereocenters. The van der Waals surface area contributed by atoms with Crippen molar-refractivity contribution in [3.63, 3.8) is 0 Å². The van der Waals surface area contributed by atoms with E-state index in [1.54, 1.807) is 50.2 Å². The molecule has 3 fully saturated rings. The van der Waals surface area contributed by atoms with Crippen LogP contribution in [0.15, 0.2) is 60.0 Å². The number of likely N-dealkylation sites (tertiary alicyclic amines) is 1. The van der Waals surface area contributed by atoms with Crippen LogP contribution in [0.25, 0.3) is 10.9 Å². The van der Waals surface area contributed by atoms with Gasteiger partial charge in [0.25, 0.3) is 0 Å². The minimum Gasteiger partial charge on any atom is -0.492 e. The van der Waals surface area contributed by atoms with Gasteiger partial charge >= 0.3 is 6.09 Å². The summed E-state index contributed by atoms with van der Waals surface area (Å²) in [4.78, 5) is 77.7. The van der Waals surface area contributed by atoms with Crippen LogP contribution in [-0.2, 0) is 30.6 Å². The maximum Gasteiger partial charge on any atom is 0.407 e. The van der Waals surface area contributed by atoms with Crippen LogP contribution in [0.4, 0.5) is 22.4 Å². The van der Waals surface area contributed by atoms with Crippen molar-refractivity contribution in [2.75, 3.05) is 43.5 Å². The summed E-state index contributed by atoms with van der Waals surface area (Å²) >= 11 is 0. The molecule has 3 aromatic heterocycles. The van der Waals surface area contributed by atoms with Crippen molar-refractivity contribution in [3.8, 4) is 11.5 Å². The number of hydrogen-bond acceptors (Lipinski definition) is 15. The number of fused-ring (bicyclic) bond motifs is 2. The number of carbonyl (C=O) groups excluding carboxylic acids is 3. The number of H-pyrrole nitrogens is 1. The van der Waals surface area contributed by atoms with E-state index in [1.165, 1.54) is 25.9 Å². The van der Waals surface area contributed by atoms with Gasteiger partial charge in [0.15, 0.2) is 21.4 Å². The Morgan fingerprint density at radius 2 is 1.66 bits per heavy atom. The molecule has 4 amide bonds. The first-order valence-electron chi connectivity index (χ1n) is 26.9. The fourth-order valence-corrected chi connectivity index (χ4v) is 12.3. The minimum atomic E-state index is -3.88. The number of ether oxygens (including phenoxy) is 2. The van der Waals surface area contributed by atoms with Gasteiger partial charge in [0, 0.05) is 49.3 Å². The van der Waals surface area contributed by atoms with Crippen molar-refractivity contribution in [2.24, 2.45) is 11.8 Å². The van der Waals surface area contributed by atoms with E-state index < -0.39 is 56.7 Å². The van der Waals surface area contributed by atoms with E-state index in [9.17, 15) is 32.7 Å². The normalized spacial score (nSPS) is 20.2. The van der Waals surface area contributed by atoms with Gasteiger partial charge in [0.1, 0.15) is 47.0 Å². The summed E-state index contributed by atoms with van der Waals surface area (Å²) in [5.74, 6) is 0.740. The summed E-state index contributed by atoms with van der Waals surface area (Å²) in [6, 6.07) is 8.19. The number of aromatic amines is 1. The number of carbonyl (C=O) groups is 4. The summed E-state index contributed by atoms with van der Waals surface area (Å²) in [6.45, 7) is 11.9. The lowest BCUT2D eigenvalue weighted by molar-refractivity contribution is -0.143. The standard InChI is InChI=1S/C55H72N12O9S/c1-32-33(2)63-64-48(32)62-49-41-25-46(77(73,74)55(4,5)6)45(26-43(41)58-31-59-49)75-30-35-20-22-66(23-21-35)53-56-27-39(28-57-53)76-38-24-44(51(69)60-42-19-13-17-36-14-11-12-18-40(36)42)67(29-38)52(70)47(37-15-9-8-10-16-37)61-50(68)34(3)65(7)54(71)72/h11-12,14,18,25-28,31,34-35,37-38,42,44,47H,8-10,13,15-17,19-24,29-30H2,1-7H3,(H,60,69)(H,61,68)(H,71,72)(H2,58,59,62,63,64)/t34?,38-,42+,44-,47-/m0/s1. The number of nitrogens with zero attached hydrogens (tertiary/aromatic N) is 8. The Kier molecular flexibility index (Phi) is 16.2. The first-order chi connectivity index (χ1) is 36.8. The molecule has 5 heterocycles. The molecule has 2 saturated heterocycles. The van der Waals surface area contributed by atoms with Crippen molar-refractivity contribution in [2.45, 2.75) is 152 Å². The Hall–Kier alpha value is -7.10. The molecule has 9 rings (SSSR count). The summed E-state index contributed by atoms with van der Waals surface area (Å²) in [5, 5.41) is 26.9. The first-order valence-corrected chi connectivity index (χ1v) is 28.4. The predicted molar refractivity (Wildman–Crippen MR) is 289 cm³/mol. The number of amides is 4. The highest BCUT2D eigenvalue weighted by atomic mass is 32.2. The zero-order valence-electron chi connectivity index (χ0n) is 45.0. The largest absolute Gasteiger partial charge is 0.492 e. The van der Waals surface area contributed by atoms with Gasteiger partial charge in [0.2, 0.25) is 23.7 Å². The first kappa shape index (κ1) is 54.7. The number of anilines is 3. The number of benzene rings is 2. The molecule has 5 aromatic rings. The van der Waals surface area contributed by atoms with Gasteiger partial charge in [-0.3, -0.25) is 24.4 Å². The number of aromatic nitrogens is 6. The molecule has 77 heavy (non-hydrogen) atoms. The summed E-state index contributed by atoms with van der Waals surface area (Å²) in [5.41, 5.74) is 4.57. The van der Waals surface area contributed by atoms with Crippen LogP contribution in [0, 0.1) is 25.7 Å². The Labute approximate surface area is 449 Å². The lowest BCUT2D eigenvalue weighted by atomic mass is 9.83. The zero-order valence-corrected chi connectivity index (χ0v) is 45.9. The van der Waals surface area contributed by atoms with Gasteiger partial charge in [0.05, 0.1) is 41.9 Å². The molecule has 412 valence electrons. The highest BCUT2D eigenvalue weighted by Crippen LogP contribution is 2.39. The Morgan fingerprint density at radius 1 is 0.935 bits per heavy atom. The molecular weight excluding hydrogens is 1000 g/mol. The van der Waals surface area contributed by atoms with Gasteiger partial charge in [-0.1, -0.05) is 43.5 Å². The molecule has 5 N–H and O–H groups in total. The van der Waals surface area contributed by atoms with E-state index in [2.05, 4.69) is 57.0 Å². The molecule has 2 aliphatic carbocycles. The molecule has 5 atom stereocenters. The van der Waals surface area contributed by atoms with E-state index in [0.29, 0.717) is 60.2 Å². The van der Waals surface area contributed by atoms with Gasteiger partial charge in [-0.2, -0.15) is 5.10 Å². The topological polar surface area (TPSA) is 267 Å². The molecule has 2 aromatic carbocycles. The van der Waals surface area contributed by atoms with Crippen LogP contribution in [-0.4, -0.2) is 140 Å². The number of aryl methyl sites for hydroxylation is 2. The van der Waals surface area contributed by atoms with Crippen molar-refractivity contribution < 1.29 is 42.2 Å². The zero-order chi connectivity index (χ0) is 54.8. The van der Waals surface area contributed by atoms with Crippen molar-refractivity contribution in [3.05, 3.63) is 77.5 Å². The Morgan fingerprint density at radius 3 is 2.35 bits per heavy atom. The highest BCUT2D eigenvalue weighted by molar-refractivity contribution is 7.92. The monoisotopic (exact) mass is 1080 g/mol. The van der Waals surface area contributed by atoms with Crippen LogP contribution in [0.3, 0.4) is 0 Å². The van der Waals surface area contributed by atoms with Crippen molar-refractivity contribution in [1.82, 2.24) is 50.6 Å². The number of piperidine rings is 1. The van der Waals surface area contributed by atoms with Crippen LogP contribution >= 0.6 is 0 Å². The van der Waals surface area contributed by atoms with E-state index in [0.717, 1.165) is 73.1 Å². The second-order valence-electron chi connectivity index (χ2n) is 22.1. The number of nitrogens with one attached hydrogen (secondary N) is 4. The van der Waals surface area contributed by atoms with Gasteiger partial charge in [-0.05, 0) is 116 Å². The van der Waals surface area contributed by atoms with Crippen LogP contribution in [0.2, 0.25) is 0 Å². The fraction of sp³-hybridized carbons (Fsp3) is 0.545. The Bertz CT molecular complexity index is 3080. The second-order valence-corrected chi connectivity index (χ2v) is 24.8. The fourth-order valence-electron chi connectivity index (χ4n) is 11.0. The third-order valence-corrected chi connectivity index (χ3v) is 18.6. The average Bonchev–Trinajstić information content (AvgIpc) is 4.01. The molecule has 0 spiro atoms. The maximum absolute atomic E-state index is 15.0. The van der Waals surface area contributed by atoms with Crippen LogP contribution in [0.5, 0.6) is 11.5 Å². The predicted octanol–water partition coefficient (Wildman–Crippen LogP) is 6.98.